The average Bonchev–Trinajstić information content (AvgIpc) is 1.53. The first kappa shape index (κ1) is 39.1. The van der Waals surface area contributed by atoms with Gasteiger partial charge in [0.2, 0.25) is 0 Å². The van der Waals surface area contributed by atoms with Crippen LogP contribution in [0.25, 0.3) is 122 Å². The molecule has 0 aliphatic rings. The smallest absolute Gasteiger partial charge is 0.510 e. The molecule has 0 spiro atoms. The minimum absolute atomic E-state index is 0. The second kappa shape index (κ2) is 19.3. The van der Waals surface area contributed by atoms with Crippen molar-refractivity contribution < 1.29 is 48.5 Å². The van der Waals surface area contributed by atoms with Gasteiger partial charge in [-0.15, -0.1) is 29.7 Å². The van der Waals surface area contributed by atoms with Crippen LogP contribution in [0.2, 0.25) is 0 Å². The molecule has 5 aromatic heterocycles. The zero-order valence-electron chi connectivity index (χ0n) is 53.0. The summed E-state index contributed by atoms with van der Waals surface area (Å²) < 4.78 is 110. The van der Waals surface area contributed by atoms with Crippen molar-refractivity contribution in [3.8, 4) is 56.6 Å². The standard InChI is InChI=1S/C70H47N5O2.CH3.Pt/c1-70(2,3)47-36-37-71-68(38-47)75-62-40-49(74-60-29-13-10-24-54(60)55-25-11-14-30-61(55)74)32-34-56(62)57-35-33-51(41-63(57)75)76-50-23-16-22-48(39-50)72-44-73(65-43-67-59(42-64(65)72)58-26-12-15-31-66(58)77-67)69-52(45-18-6-4-7-19-45)27-17-28-53(69)46-20-8-5-9-21-46;;/h4-38,40,42-43H,1-3H3;1H3;/q-2;-1;+4/i4D,5D,6D,7D,8D,9D,18D,19D,20D,21D;;. The van der Waals surface area contributed by atoms with E-state index in [9.17, 15) is 5.48 Å². The number of aromatic nitrogens is 5. The van der Waals surface area contributed by atoms with Crippen molar-refractivity contribution in [2.45, 2.75) is 26.2 Å². The second-order valence-corrected chi connectivity index (χ2v) is 20.1. The predicted octanol–water partition coefficient (Wildman–Crippen LogP) is 17.7. The van der Waals surface area contributed by atoms with E-state index in [2.05, 4.69) is 121 Å². The fourth-order valence-electron chi connectivity index (χ4n) is 10.9. The van der Waals surface area contributed by atoms with E-state index in [1.807, 2.05) is 72.9 Å². The first-order chi connectivity index (χ1) is 41.9. The van der Waals surface area contributed by atoms with E-state index in [0.29, 0.717) is 39.4 Å². The van der Waals surface area contributed by atoms with Crippen LogP contribution in [0.15, 0.2) is 235 Å². The van der Waals surface area contributed by atoms with Crippen molar-refractivity contribution in [2.75, 3.05) is 0 Å². The van der Waals surface area contributed by atoms with Crippen molar-refractivity contribution in [1.82, 2.24) is 18.7 Å². The molecule has 15 aromatic rings. The van der Waals surface area contributed by atoms with Gasteiger partial charge < -0.3 is 30.3 Å². The number of para-hydroxylation sites is 4. The monoisotopic (exact) mass is 1210 g/mol. The second-order valence-electron chi connectivity index (χ2n) is 20.1. The molecular weight excluding hydrogens is 1150 g/mol. The number of nitrogens with zero attached hydrogens (tertiary/aromatic N) is 5. The van der Waals surface area contributed by atoms with Gasteiger partial charge in [-0.2, -0.15) is 18.2 Å². The zero-order valence-corrected chi connectivity index (χ0v) is 45.3. The fourth-order valence-corrected chi connectivity index (χ4v) is 10.9. The molecule has 380 valence electrons. The number of pyridine rings is 1. The van der Waals surface area contributed by atoms with E-state index in [4.69, 9.17) is 22.4 Å². The number of ether oxygens (including phenoxy) is 1. The van der Waals surface area contributed by atoms with Crippen molar-refractivity contribution in [3.05, 3.63) is 262 Å². The first-order valence-electron chi connectivity index (χ1n) is 30.2. The van der Waals surface area contributed by atoms with E-state index in [0.717, 1.165) is 71.5 Å². The van der Waals surface area contributed by atoms with Crippen molar-refractivity contribution >= 4 is 76.6 Å². The number of hydrogen-bond acceptors (Lipinski definition) is 3. The van der Waals surface area contributed by atoms with Gasteiger partial charge in [0, 0.05) is 50.4 Å². The number of hydrogen-bond donors (Lipinski definition) is 0. The van der Waals surface area contributed by atoms with Crippen molar-refractivity contribution in [2.24, 2.45) is 0 Å². The minimum Gasteiger partial charge on any atom is -0.510 e. The molecule has 0 aliphatic carbocycles. The Morgan fingerprint density at radius 1 is 0.544 bits per heavy atom. The minimum atomic E-state index is -0.592. The molecular formula is C71H50N5O2Pt+. The average molecular weight is 1210 g/mol. The van der Waals surface area contributed by atoms with Crippen molar-refractivity contribution in [3.63, 3.8) is 0 Å². The SMILES string of the molecule is [2H]c1c([2H])c([2H])c(-c2cccc(-c3c([2H])c([2H])c([2H])c([2H])c3[2H])c2-[n+]2[c-]n(-c3[c-]c(Oc4[c-]c5c(cc4)c4ccc(-n6c7ccccc7c7ccccc76)cc4n5-c4cc(C(C)(C)C)ccn4)ccc3)c3cc4c(cc32)oc2ccccc24)c([2H])c1[2H].[CH3-].[Pt+4]. The summed E-state index contributed by atoms with van der Waals surface area (Å²) >= 11 is 0. The molecule has 8 heteroatoms. The van der Waals surface area contributed by atoms with Crippen LogP contribution in [-0.4, -0.2) is 18.7 Å². The molecule has 0 unspecified atom stereocenters. The van der Waals surface area contributed by atoms with E-state index in [1.54, 1.807) is 33.4 Å². The van der Waals surface area contributed by atoms with E-state index in [1.165, 1.54) is 0 Å². The summed E-state index contributed by atoms with van der Waals surface area (Å²) in [6.07, 6.45) is 5.35. The maximum Gasteiger partial charge on any atom is 4.00 e. The van der Waals surface area contributed by atoms with Gasteiger partial charge >= 0.3 is 21.1 Å². The predicted molar refractivity (Wildman–Crippen MR) is 318 cm³/mol. The maximum atomic E-state index is 9.22. The molecule has 0 aliphatic heterocycles. The van der Waals surface area contributed by atoms with Gasteiger partial charge in [0.15, 0.2) is 0 Å². The van der Waals surface area contributed by atoms with E-state index < -0.39 is 60.4 Å². The number of rotatable bonds is 8. The molecule has 0 bridgehead atoms. The van der Waals surface area contributed by atoms with Crippen LogP contribution in [0.5, 0.6) is 11.5 Å². The Labute approximate surface area is 486 Å². The third kappa shape index (κ3) is 8.15. The summed E-state index contributed by atoms with van der Waals surface area (Å²) in [6.45, 7) is 6.54. The number of furan rings is 1. The van der Waals surface area contributed by atoms with Gasteiger partial charge in [0.1, 0.15) is 17.0 Å². The Morgan fingerprint density at radius 2 is 1.18 bits per heavy atom. The van der Waals surface area contributed by atoms with Gasteiger partial charge in [-0.3, -0.25) is 4.57 Å². The van der Waals surface area contributed by atoms with Crippen LogP contribution in [0, 0.1) is 25.9 Å². The summed E-state index contributed by atoms with van der Waals surface area (Å²) in [5.41, 5.74) is 8.29. The van der Waals surface area contributed by atoms with Crippen molar-refractivity contribution in [1.29, 1.82) is 0 Å². The van der Waals surface area contributed by atoms with Gasteiger partial charge in [0.25, 0.3) is 6.33 Å². The van der Waals surface area contributed by atoms with E-state index in [-0.39, 0.29) is 61.8 Å². The van der Waals surface area contributed by atoms with Crippen LogP contribution in [0.3, 0.4) is 0 Å². The molecule has 0 saturated carbocycles. The third-order valence-corrected chi connectivity index (χ3v) is 14.5. The Hall–Kier alpha value is -9.29. The Kier molecular flexibility index (Phi) is 9.57. The maximum absolute atomic E-state index is 9.22. The largest absolute Gasteiger partial charge is 4.00 e. The molecule has 10 aromatic carbocycles. The first-order valence-corrected chi connectivity index (χ1v) is 25.2. The van der Waals surface area contributed by atoms with Crippen LogP contribution < -0.4 is 9.30 Å². The molecule has 0 saturated heterocycles. The summed E-state index contributed by atoms with van der Waals surface area (Å²) in [5.74, 6) is 1.44. The summed E-state index contributed by atoms with van der Waals surface area (Å²) in [5, 5.41) is 5.86. The molecule has 0 radical (unpaired) electrons. The normalized spacial score (nSPS) is 13.6. The van der Waals surface area contributed by atoms with Crippen LogP contribution in [0.4, 0.5) is 0 Å². The molecule has 7 nitrogen and oxygen atoms in total. The van der Waals surface area contributed by atoms with Gasteiger partial charge in [0.05, 0.1) is 41.5 Å². The Balaban J connectivity index is 0.00000364. The van der Waals surface area contributed by atoms with Crippen LogP contribution in [0.1, 0.15) is 40.0 Å². The number of benzene rings is 10. The molecule has 15 rings (SSSR count). The Morgan fingerprint density at radius 3 is 1.89 bits per heavy atom. The third-order valence-electron chi connectivity index (χ3n) is 14.5. The fraction of sp³-hybridized carbons (Fsp3) is 0.0563. The molecule has 0 fully saturated rings. The number of fused-ring (bicyclic) bond motifs is 10. The van der Waals surface area contributed by atoms with Crippen LogP contribution >= 0.6 is 0 Å². The van der Waals surface area contributed by atoms with Gasteiger partial charge in [-0.05, 0) is 98.9 Å². The Bertz CT molecular complexity index is 5270. The van der Waals surface area contributed by atoms with Crippen LogP contribution in [-0.2, 0) is 26.5 Å². The molecule has 0 amide bonds. The van der Waals surface area contributed by atoms with E-state index >= 15 is 0 Å². The molecule has 0 N–H and O–H groups in total. The summed E-state index contributed by atoms with van der Waals surface area (Å²) in [7, 11) is 0. The zero-order chi connectivity index (χ0) is 60.1. The molecule has 79 heavy (non-hydrogen) atoms. The number of imidazole rings is 1. The molecule has 5 heterocycles. The summed E-state index contributed by atoms with van der Waals surface area (Å²) in [6, 6.07) is 54.7. The molecule has 0 atom stereocenters. The van der Waals surface area contributed by atoms with Gasteiger partial charge in [-0.1, -0.05) is 166 Å². The summed E-state index contributed by atoms with van der Waals surface area (Å²) in [4.78, 5) is 5.00. The topological polar surface area (TPSA) is 53.9 Å². The van der Waals surface area contributed by atoms with Gasteiger partial charge in [-0.25, -0.2) is 4.98 Å². The quantitative estimate of drug-likeness (QED) is 0.113.